The van der Waals surface area contributed by atoms with Crippen molar-refractivity contribution in [3.05, 3.63) is 56.2 Å². The molecular weight excluding hydrogens is 302 g/mol. The molecule has 0 amide bonds. The van der Waals surface area contributed by atoms with E-state index in [0.29, 0.717) is 13.2 Å². The van der Waals surface area contributed by atoms with Gasteiger partial charge in [0.25, 0.3) is 0 Å². The van der Waals surface area contributed by atoms with Gasteiger partial charge in [0.05, 0.1) is 13.2 Å². The summed E-state index contributed by atoms with van der Waals surface area (Å²) in [6.45, 7) is 4.47. The van der Waals surface area contributed by atoms with Crippen LogP contribution in [0.1, 0.15) is 33.7 Å². The molecule has 0 atom stereocenters. The molecule has 2 aromatic rings. The van der Waals surface area contributed by atoms with Crippen LogP contribution in [0.4, 0.5) is 0 Å². The maximum Gasteiger partial charge on any atom is 0.0732 e. The minimum atomic E-state index is 0.627. The molecule has 2 nitrogen and oxygen atoms in total. The van der Waals surface area contributed by atoms with Crippen LogP contribution in [0.15, 0.2) is 30.3 Å². The van der Waals surface area contributed by atoms with Crippen molar-refractivity contribution in [3.63, 3.8) is 0 Å². The van der Waals surface area contributed by atoms with Crippen molar-refractivity contribution in [2.45, 2.75) is 45.6 Å². The van der Waals surface area contributed by atoms with Crippen molar-refractivity contribution >= 4 is 22.9 Å². The molecule has 1 aromatic heterocycles. The molecule has 21 heavy (non-hydrogen) atoms. The highest BCUT2D eigenvalue weighted by Gasteiger charge is 2.20. The van der Waals surface area contributed by atoms with E-state index in [9.17, 15) is 0 Å². The number of halogens is 1. The maximum absolute atomic E-state index is 5.88. The fourth-order valence-electron chi connectivity index (χ4n) is 2.21. The number of hydrogen-bond donors (Lipinski definition) is 1. The maximum atomic E-state index is 5.88. The molecule has 0 bridgehead atoms. The van der Waals surface area contributed by atoms with Crippen LogP contribution in [-0.4, -0.2) is 6.04 Å². The zero-order valence-electron chi connectivity index (χ0n) is 12.2. The Bertz CT molecular complexity index is 589. The van der Waals surface area contributed by atoms with E-state index in [2.05, 4.69) is 18.3 Å². The molecule has 1 aliphatic carbocycles. The Morgan fingerprint density at radius 2 is 2.00 bits per heavy atom. The topological polar surface area (TPSA) is 21.3 Å². The second-order valence-electron chi connectivity index (χ2n) is 5.57. The first-order chi connectivity index (χ1) is 10.2. The van der Waals surface area contributed by atoms with Crippen LogP contribution in [-0.2, 0) is 24.5 Å². The smallest absolute Gasteiger partial charge is 0.0732 e. The molecule has 3 rings (SSSR count). The molecule has 0 saturated heterocycles. The van der Waals surface area contributed by atoms with E-state index in [4.69, 9.17) is 16.3 Å². The van der Waals surface area contributed by atoms with Gasteiger partial charge in [-0.1, -0.05) is 23.7 Å². The van der Waals surface area contributed by atoms with Crippen LogP contribution in [0.3, 0.4) is 0 Å². The number of ether oxygens (including phenoxy) is 1. The lowest BCUT2D eigenvalue weighted by molar-refractivity contribution is 0.107. The van der Waals surface area contributed by atoms with E-state index in [1.54, 1.807) is 0 Å². The molecule has 1 fully saturated rings. The van der Waals surface area contributed by atoms with Gasteiger partial charge in [0.1, 0.15) is 0 Å². The SMILES string of the molecule is Cc1sc(CNC2CC2)cc1COCc1ccc(Cl)cc1. The number of nitrogens with one attached hydrogen (secondary N) is 1. The second-order valence-corrected chi connectivity index (χ2v) is 7.35. The summed E-state index contributed by atoms with van der Waals surface area (Å²) in [7, 11) is 0. The van der Waals surface area contributed by atoms with Crippen LogP contribution < -0.4 is 5.32 Å². The van der Waals surface area contributed by atoms with Crippen molar-refractivity contribution in [2.24, 2.45) is 0 Å². The van der Waals surface area contributed by atoms with Gasteiger partial charge in [-0.2, -0.15) is 0 Å². The summed E-state index contributed by atoms with van der Waals surface area (Å²) in [6.07, 6.45) is 2.67. The monoisotopic (exact) mass is 321 g/mol. The van der Waals surface area contributed by atoms with Gasteiger partial charge >= 0.3 is 0 Å². The molecule has 1 heterocycles. The summed E-state index contributed by atoms with van der Waals surface area (Å²) in [4.78, 5) is 2.77. The van der Waals surface area contributed by atoms with Crippen molar-refractivity contribution in [1.82, 2.24) is 5.32 Å². The lowest BCUT2D eigenvalue weighted by Crippen LogP contribution is -2.14. The predicted octanol–water partition coefficient (Wildman–Crippen LogP) is 4.68. The molecule has 0 spiro atoms. The molecule has 1 aromatic carbocycles. The molecule has 112 valence electrons. The minimum absolute atomic E-state index is 0.627. The lowest BCUT2D eigenvalue weighted by atomic mass is 10.2. The lowest BCUT2D eigenvalue weighted by Gasteiger charge is -2.04. The Labute approximate surface area is 135 Å². The van der Waals surface area contributed by atoms with Crippen molar-refractivity contribution in [2.75, 3.05) is 0 Å². The standard InChI is InChI=1S/C17H20ClNOS/c1-12-14(8-17(21-12)9-19-16-6-7-16)11-20-10-13-2-4-15(18)5-3-13/h2-5,8,16,19H,6-7,9-11H2,1H3. The summed E-state index contributed by atoms with van der Waals surface area (Å²) in [5.41, 5.74) is 2.46. The fraction of sp³-hybridized carbons (Fsp3) is 0.412. The average Bonchev–Trinajstić information content (AvgIpc) is 3.24. The van der Waals surface area contributed by atoms with E-state index in [-0.39, 0.29) is 0 Å². The number of rotatable bonds is 7. The number of aryl methyl sites for hydroxylation is 1. The normalized spacial score (nSPS) is 14.6. The van der Waals surface area contributed by atoms with Crippen molar-refractivity contribution in [3.8, 4) is 0 Å². The molecule has 0 unspecified atom stereocenters. The van der Waals surface area contributed by atoms with Gasteiger partial charge in [-0.3, -0.25) is 0 Å². The van der Waals surface area contributed by atoms with E-state index in [1.807, 2.05) is 35.6 Å². The molecule has 1 N–H and O–H groups in total. The summed E-state index contributed by atoms with van der Waals surface area (Å²) in [5.74, 6) is 0. The Balaban J connectivity index is 1.48. The number of benzene rings is 1. The average molecular weight is 322 g/mol. The molecule has 4 heteroatoms. The molecule has 0 radical (unpaired) electrons. The van der Waals surface area contributed by atoms with Crippen molar-refractivity contribution < 1.29 is 4.74 Å². The van der Waals surface area contributed by atoms with Gasteiger partial charge in [0, 0.05) is 27.4 Å². The van der Waals surface area contributed by atoms with Crippen molar-refractivity contribution in [1.29, 1.82) is 0 Å². The Kier molecular flexibility index (Phi) is 4.96. The number of thiophene rings is 1. The first-order valence-corrected chi connectivity index (χ1v) is 8.54. The third kappa shape index (κ3) is 4.55. The second kappa shape index (κ2) is 6.93. The first-order valence-electron chi connectivity index (χ1n) is 7.34. The van der Waals surface area contributed by atoms with Crippen LogP contribution in [0, 0.1) is 6.92 Å². The van der Waals surface area contributed by atoms with E-state index >= 15 is 0 Å². The highest BCUT2D eigenvalue weighted by molar-refractivity contribution is 7.12. The van der Waals surface area contributed by atoms with Crippen LogP contribution in [0.2, 0.25) is 5.02 Å². The Morgan fingerprint density at radius 3 is 2.71 bits per heavy atom. The first kappa shape index (κ1) is 15.0. The Morgan fingerprint density at radius 1 is 1.24 bits per heavy atom. The quantitative estimate of drug-likeness (QED) is 0.799. The van der Waals surface area contributed by atoms with Crippen LogP contribution >= 0.6 is 22.9 Å². The highest BCUT2D eigenvalue weighted by Crippen LogP contribution is 2.25. The summed E-state index contributed by atoms with van der Waals surface area (Å²) in [5, 5.41) is 4.32. The highest BCUT2D eigenvalue weighted by atomic mass is 35.5. The van der Waals surface area contributed by atoms with E-state index in [0.717, 1.165) is 23.2 Å². The van der Waals surface area contributed by atoms with Gasteiger partial charge in [-0.25, -0.2) is 0 Å². The molecular formula is C17H20ClNOS. The summed E-state index contributed by atoms with van der Waals surface area (Å²) >= 11 is 7.75. The van der Waals surface area contributed by atoms with Gasteiger partial charge in [-0.05, 0) is 49.1 Å². The third-order valence-electron chi connectivity index (χ3n) is 3.65. The predicted molar refractivity (Wildman–Crippen MR) is 88.9 cm³/mol. The van der Waals surface area contributed by atoms with Gasteiger partial charge in [-0.15, -0.1) is 11.3 Å². The Hall–Kier alpha value is -0.870. The summed E-state index contributed by atoms with van der Waals surface area (Å²) in [6, 6.07) is 10.9. The zero-order chi connectivity index (χ0) is 14.7. The van der Waals surface area contributed by atoms with Crippen LogP contribution in [0.5, 0.6) is 0 Å². The third-order valence-corrected chi connectivity index (χ3v) is 5.00. The van der Waals surface area contributed by atoms with Gasteiger partial charge in [0.2, 0.25) is 0 Å². The molecule has 0 aliphatic heterocycles. The largest absolute Gasteiger partial charge is 0.372 e. The minimum Gasteiger partial charge on any atom is -0.372 e. The molecule has 1 saturated carbocycles. The fourth-order valence-corrected chi connectivity index (χ4v) is 3.33. The molecule has 1 aliphatic rings. The van der Waals surface area contributed by atoms with Gasteiger partial charge < -0.3 is 10.1 Å². The van der Waals surface area contributed by atoms with E-state index < -0.39 is 0 Å². The van der Waals surface area contributed by atoms with Gasteiger partial charge in [0.15, 0.2) is 0 Å². The van der Waals surface area contributed by atoms with E-state index in [1.165, 1.54) is 28.2 Å². The van der Waals surface area contributed by atoms with Crippen LogP contribution in [0.25, 0.3) is 0 Å². The summed E-state index contributed by atoms with van der Waals surface area (Å²) < 4.78 is 5.82. The number of hydrogen-bond acceptors (Lipinski definition) is 3. The zero-order valence-corrected chi connectivity index (χ0v) is 13.8.